The first kappa shape index (κ1) is 17.4. The Bertz CT molecular complexity index is 515. The molecule has 1 amide bonds. The molecule has 3 rings (SSSR count). The van der Waals surface area contributed by atoms with Crippen LogP contribution in [0.3, 0.4) is 0 Å². The predicted molar refractivity (Wildman–Crippen MR) is 92.5 cm³/mol. The highest BCUT2D eigenvalue weighted by atomic mass is 16.5. The molecule has 2 aliphatic heterocycles. The van der Waals surface area contributed by atoms with Crippen LogP contribution >= 0.6 is 0 Å². The molecular formula is C19H28N2O3. The maximum Gasteiger partial charge on any atom is 0.248 e. The number of hydrogen-bond donors (Lipinski definition) is 1. The maximum atomic E-state index is 12.3. The molecule has 2 aliphatic rings. The maximum absolute atomic E-state index is 12.3. The van der Waals surface area contributed by atoms with Crippen LogP contribution in [0.15, 0.2) is 30.3 Å². The molecule has 1 N–H and O–H groups in total. The Morgan fingerprint density at radius 3 is 2.58 bits per heavy atom. The van der Waals surface area contributed by atoms with Crippen LogP contribution in [0.4, 0.5) is 0 Å². The van der Waals surface area contributed by atoms with Gasteiger partial charge in [0, 0.05) is 25.7 Å². The van der Waals surface area contributed by atoms with Crippen LogP contribution < -0.4 is 0 Å². The molecule has 0 aliphatic carbocycles. The highest BCUT2D eigenvalue weighted by Gasteiger charge is 2.29. The molecule has 1 aromatic rings. The van der Waals surface area contributed by atoms with Gasteiger partial charge in [-0.3, -0.25) is 9.69 Å². The summed E-state index contributed by atoms with van der Waals surface area (Å²) in [5.74, 6) is 0.0862. The van der Waals surface area contributed by atoms with E-state index in [-0.39, 0.29) is 18.6 Å². The normalized spacial score (nSPS) is 23.4. The van der Waals surface area contributed by atoms with E-state index < -0.39 is 0 Å². The van der Waals surface area contributed by atoms with Crippen molar-refractivity contribution in [3.05, 3.63) is 35.9 Å². The zero-order chi connectivity index (χ0) is 16.8. The molecule has 1 unspecified atom stereocenters. The number of nitrogens with zero attached hydrogens (tertiary/aromatic N) is 2. The monoisotopic (exact) mass is 332 g/mol. The number of likely N-dealkylation sites (tertiary alicyclic amines) is 2. The number of β-amino-alcohol motifs (C(OH)–C–C–N with tert-alkyl or cyclic N) is 1. The van der Waals surface area contributed by atoms with Crippen LogP contribution in [0.1, 0.15) is 31.2 Å². The zero-order valence-corrected chi connectivity index (χ0v) is 14.3. The second-order valence-electron chi connectivity index (χ2n) is 6.88. The average Bonchev–Trinajstić information content (AvgIpc) is 2.63. The van der Waals surface area contributed by atoms with Gasteiger partial charge in [-0.1, -0.05) is 30.3 Å². The van der Waals surface area contributed by atoms with Crippen LogP contribution in [0.2, 0.25) is 0 Å². The molecule has 1 atom stereocenters. The molecule has 0 radical (unpaired) electrons. The van der Waals surface area contributed by atoms with Gasteiger partial charge in [0.25, 0.3) is 0 Å². The summed E-state index contributed by atoms with van der Waals surface area (Å²) in [4.78, 5) is 16.6. The van der Waals surface area contributed by atoms with Crippen molar-refractivity contribution in [3.8, 4) is 0 Å². The number of ether oxygens (including phenoxy) is 1. The lowest BCUT2D eigenvalue weighted by Gasteiger charge is -2.41. The molecular weight excluding hydrogens is 304 g/mol. The number of amides is 1. The number of rotatable bonds is 5. The van der Waals surface area contributed by atoms with Gasteiger partial charge in [0.1, 0.15) is 6.61 Å². The van der Waals surface area contributed by atoms with E-state index in [1.54, 1.807) is 0 Å². The van der Waals surface area contributed by atoms with Crippen molar-refractivity contribution >= 4 is 5.91 Å². The van der Waals surface area contributed by atoms with Crippen molar-refractivity contribution in [1.29, 1.82) is 0 Å². The third-order valence-corrected chi connectivity index (χ3v) is 5.10. The van der Waals surface area contributed by atoms with Gasteiger partial charge in [-0.05, 0) is 37.8 Å². The van der Waals surface area contributed by atoms with E-state index in [2.05, 4.69) is 4.90 Å². The van der Waals surface area contributed by atoms with Gasteiger partial charge in [0.15, 0.2) is 0 Å². The van der Waals surface area contributed by atoms with Crippen molar-refractivity contribution in [2.45, 2.75) is 44.4 Å². The summed E-state index contributed by atoms with van der Waals surface area (Å²) in [6, 6.07) is 10.4. The molecule has 0 bridgehead atoms. The van der Waals surface area contributed by atoms with Gasteiger partial charge in [0.05, 0.1) is 12.7 Å². The third kappa shape index (κ3) is 4.79. The fourth-order valence-corrected chi connectivity index (χ4v) is 3.72. The Kier molecular flexibility index (Phi) is 6.24. The van der Waals surface area contributed by atoms with Crippen molar-refractivity contribution in [2.75, 3.05) is 32.8 Å². The number of benzene rings is 1. The summed E-state index contributed by atoms with van der Waals surface area (Å²) < 4.78 is 5.56. The molecule has 0 spiro atoms. The smallest absolute Gasteiger partial charge is 0.248 e. The molecule has 0 saturated carbocycles. The molecule has 24 heavy (non-hydrogen) atoms. The second kappa shape index (κ2) is 8.60. The van der Waals surface area contributed by atoms with E-state index in [4.69, 9.17) is 4.74 Å². The van der Waals surface area contributed by atoms with Gasteiger partial charge >= 0.3 is 0 Å². The number of aliphatic hydroxyl groups is 1. The Hall–Kier alpha value is -1.43. The number of hydrogen-bond acceptors (Lipinski definition) is 4. The van der Waals surface area contributed by atoms with E-state index in [0.717, 1.165) is 57.4 Å². The highest BCUT2D eigenvalue weighted by molar-refractivity contribution is 5.77. The van der Waals surface area contributed by atoms with Crippen LogP contribution in [0, 0.1) is 0 Å². The van der Waals surface area contributed by atoms with Crippen LogP contribution in [0.5, 0.6) is 0 Å². The van der Waals surface area contributed by atoms with E-state index in [1.807, 2.05) is 35.2 Å². The SMILES string of the molecule is O=C(COCc1ccccc1)N1CCC(N2CCCC(O)C2)CC1. The molecule has 2 saturated heterocycles. The van der Waals surface area contributed by atoms with Crippen molar-refractivity contribution in [1.82, 2.24) is 9.80 Å². The van der Waals surface area contributed by atoms with Crippen molar-refractivity contribution in [3.63, 3.8) is 0 Å². The average molecular weight is 332 g/mol. The quantitative estimate of drug-likeness (QED) is 0.891. The lowest BCUT2D eigenvalue weighted by atomic mass is 9.99. The summed E-state index contributed by atoms with van der Waals surface area (Å²) >= 11 is 0. The minimum Gasteiger partial charge on any atom is -0.392 e. The fourth-order valence-electron chi connectivity index (χ4n) is 3.72. The van der Waals surface area contributed by atoms with Gasteiger partial charge in [0.2, 0.25) is 5.91 Å². The Morgan fingerprint density at radius 2 is 1.88 bits per heavy atom. The van der Waals surface area contributed by atoms with E-state index in [0.29, 0.717) is 12.6 Å². The lowest BCUT2D eigenvalue weighted by Crippen LogP contribution is -2.51. The van der Waals surface area contributed by atoms with E-state index in [1.165, 1.54) is 0 Å². The minimum absolute atomic E-state index is 0.0862. The topological polar surface area (TPSA) is 53.0 Å². The first-order valence-corrected chi connectivity index (χ1v) is 9.04. The fraction of sp³-hybridized carbons (Fsp3) is 0.632. The molecule has 132 valence electrons. The molecule has 2 fully saturated rings. The summed E-state index contributed by atoms with van der Waals surface area (Å²) in [6.45, 7) is 4.10. The molecule has 0 aromatic heterocycles. The zero-order valence-electron chi connectivity index (χ0n) is 14.3. The number of aliphatic hydroxyl groups excluding tert-OH is 1. The summed E-state index contributed by atoms with van der Waals surface area (Å²) in [6.07, 6.45) is 3.82. The highest BCUT2D eigenvalue weighted by Crippen LogP contribution is 2.21. The first-order valence-electron chi connectivity index (χ1n) is 9.04. The first-order chi connectivity index (χ1) is 11.7. The second-order valence-corrected chi connectivity index (χ2v) is 6.88. The van der Waals surface area contributed by atoms with Crippen LogP contribution in [0.25, 0.3) is 0 Å². The van der Waals surface area contributed by atoms with Gasteiger partial charge in [-0.2, -0.15) is 0 Å². The minimum atomic E-state index is -0.176. The Balaban J connectivity index is 1.37. The number of piperidine rings is 2. The Labute approximate surface area is 144 Å². The van der Waals surface area contributed by atoms with Crippen LogP contribution in [-0.4, -0.2) is 65.7 Å². The predicted octanol–water partition coefficient (Wildman–Crippen LogP) is 1.65. The standard InChI is InChI=1S/C19H28N2O3/c22-18-7-4-10-21(13-18)17-8-11-20(12-9-17)19(23)15-24-14-16-5-2-1-3-6-16/h1-3,5-6,17-18,22H,4,7-15H2. The van der Waals surface area contributed by atoms with Gasteiger partial charge < -0.3 is 14.7 Å². The lowest BCUT2D eigenvalue weighted by molar-refractivity contribution is -0.138. The largest absolute Gasteiger partial charge is 0.392 e. The Morgan fingerprint density at radius 1 is 1.12 bits per heavy atom. The molecule has 5 heteroatoms. The van der Waals surface area contributed by atoms with Gasteiger partial charge in [-0.15, -0.1) is 0 Å². The molecule has 5 nitrogen and oxygen atoms in total. The van der Waals surface area contributed by atoms with Gasteiger partial charge in [-0.25, -0.2) is 0 Å². The summed E-state index contributed by atoms with van der Waals surface area (Å²) in [7, 11) is 0. The summed E-state index contributed by atoms with van der Waals surface area (Å²) in [5.41, 5.74) is 1.09. The van der Waals surface area contributed by atoms with Crippen molar-refractivity contribution in [2.24, 2.45) is 0 Å². The van der Waals surface area contributed by atoms with E-state index in [9.17, 15) is 9.90 Å². The molecule has 2 heterocycles. The summed E-state index contributed by atoms with van der Waals surface area (Å²) in [5, 5.41) is 9.82. The van der Waals surface area contributed by atoms with E-state index >= 15 is 0 Å². The van der Waals surface area contributed by atoms with Crippen LogP contribution in [-0.2, 0) is 16.1 Å². The van der Waals surface area contributed by atoms with Crippen molar-refractivity contribution < 1.29 is 14.6 Å². The number of carbonyl (C=O) groups is 1. The third-order valence-electron chi connectivity index (χ3n) is 5.10. The number of carbonyl (C=O) groups excluding carboxylic acids is 1. The molecule has 1 aromatic carbocycles.